The summed E-state index contributed by atoms with van der Waals surface area (Å²) in [6, 6.07) is 10.2. The molecule has 2 aromatic carbocycles. The lowest BCUT2D eigenvalue weighted by molar-refractivity contribution is 0.425. The van der Waals surface area contributed by atoms with Crippen molar-refractivity contribution in [3.63, 3.8) is 0 Å². The largest absolute Gasteiger partial charge is 0.488 e. The van der Waals surface area contributed by atoms with Gasteiger partial charge < -0.3 is 32.0 Å². The minimum Gasteiger partial charge on any atom is -0.444 e. The lowest BCUT2D eigenvalue weighted by Crippen LogP contribution is -2.29. The first-order valence-corrected chi connectivity index (χ1v) is 8.51. The van der Waals surface area contributed by atoms with Gasteiger partial charge in [0.25, 0.3) is 0 Å². The number of nitrogens with zero attached hydrogens (tertiary/aromatic N) is 1. The van der Waals surface area contributed by atoms with E-state index in [0.29, 0.717) is 38.8 Å². The van der Waals surface area contributed by atoms with Crippen molar-refractivity contribution in [2.75, 3.05) is 5.73 Å². The van der Waals surface area contributed by atoms with E-state index >= 15 is 0 Å². The van der Waals surface area contributed by atoms with Crippen molar-refractivity contribution in [2.45, 2.75) is 0 Å². The van der Waals surface area contributed by atoms with E-state index in [0.717, 1.165) is 5.56 Å². The third kappa shape index (κ3) is 3.64. The molecule has 0 amide bonds. The molecule has 0 radical (unpaired) electrons. The standard InChI is InChI=1S/C17H17BN4O3S/c19-7-15(21)12-3-1-10(5-14(12)20)13-6-11(18(23)24)2-4-16(13)25-17-8-22-9-26-17/h1-9,23-24H,19-21H2/b15-7+. The quantitative estimate of drug-likeness (QED) is 0.335. The van der Waals surface area contributed by atoms with Crippen LogP contribution in [0, 0.1) is 0 Å². The van der Waals surface area contributed by atoms with Crippen LogP contribution in [0.3, 0.4) is 0 Å². The van der Waals surface area contributed by atoms with Crippen molar-refractivity contribution < 1.29 is 14.8 Å². The van der Waals surface area contributed by atoms with Gasteiger partial charge in [0.1, 0.15) is 5.75 Å². The number of benzene rings is 2. The van der Waals surface area contributed by atoms with Gasteiger partial charge in [0.05, 0.1) is 17.4 Å². The van der Waals surface area contributed by atoms with Crippen LogP contribution in [0.4, 0.5) is 5.69 Å². The van der Waals surface area contributed by atoms with Crippen LogP contribution < -0.4 is 27.4 Å². The SMILES string of the molecule is N/C=C(/N)c1ccc(-c2cc(B(O)O)ccc2Oc2cncs2)cc1N. The van der Waals surface area contributed by atoms with Crippen LogP contribution in [-0.2, 0) is 0 Å². The molecule has 0 atom stereocenters. The molecule has 7 nitrogen and oxygen atoms in total. The van der Waals surface area contributed by atoms with Gasteiger partial charge in [-0.3, -0.25) is 0 Å². The second kappa shape index (κ2) is 7.48. The smallest absolute Gasteiger partial charge is 0.444 e. The maximum Gasteiger partial charge on any atom is 0.488 e. The van der Waals surface area contributed by atoms with Gasteiger partial charge in [-0.25, -0.2) is 4.98 Å². The molecule has 3 rings (SSSR count). The van der Waals surface area contributed by atoms with Crippen LogP contribution in [0.25, 0.3) is 16.8 Å². The van der Waals surface area contributed by atoms with Crippen LogP contribution >= 0.6 is 11.3 Å². The maximum atomic E-state index is 9.49. The van der Waals surface area contributed by atoms with Crippen LogP contribution in [0.15, 0.2) is 54.3 Å². The first kappa shape index (κ1) is 17.8. The summed E-state index contributed by atoms with van der Waals surface area (Å²) < 4.78 is 5.87. The van der Waals surface area contributed by atoms with E-state index in [4.69, 9.17) is 21.9 Å². The molecule has 0 unspecified atom stereocenters. The lowest BCUT2D eigenvalue weighted by Gasteiger charge is -2.14. The number of nitrogen functional groups attached to an aromatic ring is 1. The Labute approximate surface area is 154 Å². The van der Waals surface area contributed by atoms with Crippen molar-refractivity contribution in [3.05, 3.63) is 59.9 Å². The Kier molecular flexibility index (Phi) is 5.12. The highest BCUT2D eigenvalue weighted by atomic mass is 32.1. The second-order valence-corrected chi connectivity index (χ2v) is 6.32. The first-order chi connectivity index (χ1) is 12.5. The number of hydrogen-bond acceptors (Lipinski definition) is 8. The van der Waals surface area contributed by atoms with E-state index in [-0.39, 0.29) is 0 Å². The molecule has 3 aromatic rings. The van der Waals surface area contributed by atoms with Crippen molar-refractivity contribution in [1.29, 1.82) is 0 Å². The zero-order valence-corrected chi connectivity index (χ0v) is 14.5. The number of thiazole rings is 1. The summed E-state index contributed by atoms with van der Waals surface area (Å²) in [5, 5.41) is 19.6. The van der Waals surface area contributed by atoms with Crippen molar-refractivity contribution in [3.8, 4) is 21.9 Å². The van der Waals surface area contributed by atoms with Crippen LogP contribution in [0.1, 0.15) is 5.56 Å². The Hall–Kier alpha value is -3.01. The predicted octanol–water partition coefficient (Wildman–Crippen LogP) is 1.08. The third-order valence-electron chi connectivity index (χ3n) is 3.78. The Morgan fingerprint density at radius 3 is 2.62 bits per heavy atom. The molecule has 8 N–H and O–H groups in total. The minimum absolute atomic E-state index is 0.334. The molecule has 132 valence electrons. The normalized spacial score (nSPS) is 11.4. The van der Waals surface area contributed by atoms with Gasteiger partial charge in [-0.05, 0) is 23.2 Å². The highest BCUT2D eigenvalue weighted by molar-refractivity contribution is 7.11. The zero-order valence-electron chi connectivity index (χ0n) is 13.7. The summed E-state index contributed by atoms with van der Waals surface area (Å²) in [6.45, 7) is 0. The average molecular weight is 368 g/mol. The number of rotatable bonds is 5. The second-order valence-electron chi connectivity index (χ2n) is 5.48. The molecule has 0 saturated heterocycles. The van der Waals surface area contributed by atoms with Crippen molar-refractivity contribution >= 4 is 35.3 Å². The van der Waals surface area contributed by atoms with Gasteiger partial charge in [-0.1, -0.05) is 35.6 Å². The molecule has 0 saturated carbocycles. The monoisotopic (exact) mass is 368 g/mol. The van der Waals surface area contributed by atoms with E-state index in [2.05, 4.69) is 4.98 Å². The summed E-state index contributed by atoms with van der Waals surface area (Å²) in [5.41, 5.74) is 22.2. The van der Waals surface area contributed by atoms with Gasteiger partial charge in [-0.15, -0.1) is 0 Å². The summed E-state index contributed by atoms with van der Waals surface area (Å²) >= 11 is 1.35. The minimum atomic E-state index is -1.60. The molecule has 0 bridgehead atoms. The summed E-state index contributed by atoms with van der Waals surface area (Å²) in [5.74, 6) is 0.535. The molecule has 9 heteroatoms. The van der Waals surface area contributed by atoms with E-state index in [1.807, 2.05) is 6.07 Å². The molecule has 26 heavy (non-hydrogen) atoms. The highest BCUT2D eigenvalue weighted by Gasteiger charge is 2.17. The summed E-state index contributed by atoms with van der Waals surface area (Å²) in [6.07, 6.45) is 2.89. The van der Waals surface area contributed by atoms with Crippen LogP contribution in [0.2, 0.25) is 0 Å². The van der Waals surface area contributed by atoms with E-state index in [1.54, 1.807) is 42.0 Å². The van der Waals surface area contributed by atoms with Gasteiger partial charge in [-0.2, -0.15) is 0 Å². The molecule has 0 aliphatic rings. The Morgan fingerprint density at radius 2 is 2.00 bits per heavy atom. The maximum absolute atomic E-state index is 9.49. The summed E-state index contributed by atoms with van der Waals surface area (Å²) in [4.78, 5) is 3.98. The number of hydrogen-bond donors (Lipinski definition) is 5. The fourth-order valence-electron chi connectivity index (χ4n) is 2.47. The summed E-state index contributed by atoms with van der Waals surface area (Å²) in [7, 11) is -1.60. The number of ether oxygens (including phenoxy) is 1. The third-order valence-corrected chi connectivity index (χ3v) is 4.42. The van der Waals surface area contributed by atoms with E-state index < -0.39 is 7.12 Å². The van der Waals surface area contributed by atoms with Crippen LogP contribution in [0.5, 0.6) is 10.8 Å². The first-order valence-electron chi connectivity index (χ1n) is 7.63. The highest BCUT2D eigenvalue weighted by Crippen LogP contribution is 2.35. The predicted molar refractivity (Wildman–Crippen MR) is 105 cm³/mol. The van der Waals surface area contributed by atoms with E-state index in [1.165, 1.54) is 17.5 Å². The van der Waals surface area contributed by atoms with Gasteiger partial charge in [0.2, 0.25) is 5.06 Å². The van der Waals surface area contributed by atoms with Crippen molar-refractivity contribution in [1.82, 2.24) is 4.98 Å². The topological polar surface area (TPSA) is 141 Å². The molecular formula is C17H17BN4O3S. The van der Waals surface area contributed by atoms with Gasteiger partial charge in [0, 0.05) is 23.0 Å². The molecule has 0 spiro atoms. The molecule has 0 aliphatic heterocycles. The Morgan fingerprint density at radius 1 is 1.19 bits per heavy atom. The lowest BCUT2D eigenvalue weighted by atomic mass is 9.79. The average Bonchev–Trinajstić information content (AvgIpc) is 3.14. The van der Waals surface area contributed by atoms with Gasteiger partial charge in [0.15, 0.2) is 0 Å². The van der Waals surface area contributed by atoms with Crippen LogP contribution in [-0.4, -0.2) is 22.2 Å². The Balaban J connectivity index is 2.09. The molecule has 1 aromatic heterocycles. The molecule has 0 aliphatic carbocycles. The fourth-order valence-corrected chi connectivity index (χ4v) is 2.95. The van der Waals surface area contributed by atoms with Gasteiger partial charge >= 0.3 is 7.12 Å². The van der Waals surface area contributed by atoms with Crippen molar-refractivity contribution in [2.24, 2.45) is 11.5 Å². The number of aromatic nitrogens is 1. The number of anilines is 1. The fraction of sp³-hybridized carbons (Fsp3) is 0. The molecule has 1 heterocycles. The molecular weight excluding hydrogens is 351 g/mol. The van der Waals surface area contributed by atoms with E-state index in [9.17, 15) is 10.0 Å². The zero-order chi connectivity index (χ0) is 18.7. The number of nitrogens with two attached hydrogens (primary N) is 3. The molecule has 0 fully saturated rings. The Bertz CT molecular complexity index is 945.